The van der Waals surface area contributed by atoms with Gasteiger partial charge >= 0.3 is 0 Å². The van der Waals surface area contributed by atoms with Gasteiger partial charge in [-0.3, -0.25) is 19.8 Å². The highest BCUT2D eigenvalue weighted by atomic mass is 32.1. The zero-order chi connectivity index (χ0) is 22.3. The Hall–Kier alpha value is -3.51. The van der Waals surface area contributed by atoms with Crippen molar-refractivity contribution in [1.29, 1.82) is 0 Å². The molecule has 0 atom stereocenters. The molecule has 3 aromatic rings. The van der Waals surface area contributed by atoms with Gasteiger partial charge in [0.25, 0.3) is 11.8 Å². The molecule has 6 heteroatoms. The van der Waals surface area contributed by atoms with Gasteiger partial charge in [0.2, 0.25) is 0 Å². The highest BCUT2D eigenvalue weighted by Crippen LogP contribution is 2.28. The maximum atomic E-state index is 13.3. The monoisotopic (exact) mass is 429 g/mol. The quantitative estimate of drug-likeness (QED) is 0.378. The molecule has 2 aromatic carbocycles. The van der Waals surface area contributed by atoms with E-state index >= 15 is 0 Å². The second-order valence-electron chi connectivity index (χ2n) is 7.69. The number of nitrogens with one attached hydrogen (secondary N) is 1. The molecule has 4 rings (SSSR count). The van der Waals surface area contributed by atoms with Gasteiger partial charge in [0, 0.05) is 17.1 Å². The maximum Gasteiger partial charge on any atom is 0.270 e. The molecular formula is C25H23N3O2S. The Kier molecular flexibility index (Phi) is 5.33. The van der Waals surface area contributed by atoms with Crippen LogP contribution in [0, 0.1) is 27.7 Å². The first-order chi connectivity index (χ1) is 14.8. The minimum Gasteiger partial charge on any atom is -0.318 e. The third-order valence-electron chi connectivity index (χ3n) is 5.58. The first-order valence-electron chi connectivity index (χ1n) is 10.0. The second kappa shape index (κ2) is 7.96. The van der Waals surface area contributed by atoms with Crippen molar-refractivity contribution in [3.63, 3.8) is 0 Å². The van der Waals surface area contributed by atoms with Crippen LogP contribution >= 0.6 is 12.2 Å². The normalized spacial score (nSPS) is 15.5. The minimum atomic E-state index is -0.486. The summed E-state index contributed by atoms with van der Waals surface area (Å²) < 4.78 is 2.14. The first-order valence-corrected chi connectivity index (χ1v) is 10.4. The predicted molar refractivity (Wildman–Crippen MR) is 127 cm³/mol. The number of hydrogen-bond acceptors (Lipinski definition) is 3. The van der Waals surface area contributed by atoms with Crippen LogP contribution in [0.3, 0.4) is 0 Å². The Morgan fingerprint density at radius 1 is 0.871 bits per heavy atom. The smallest absolute Gasteiger partial charge is 0.270 e. The van der Waals surface area contributed by atoms with E-state index in [0.717, 1.165) is 33.8 Å². The summed E-state index contributed by atoms with van der Waals surface area (Å²) in [5.41, 5.74) is 6.62. The molecular weight excluding hydrogens is 406 g/mol. The fraction of sp³-hybridized carbons (Fsp3) is 0.160. The van der Waals surface area contributed by atoms with Crippen LogP contribution in [0.1, 0.15) is 28.1 Å². The van der Waals surface area contributed by atoms with Crippen LogP contribution in [-0.2, 0) is 9.59 Å². The Labute approximate surface area is 187 Å². The number of carbonyl (C=O) groups excluding carboxylic acids is 2. The lowest BCUT2D eigenvalue weighted by Gasteiger charge is -2.30. The van der Waals surface area contributed by atoms with Gasteiger partial charge in [-0.05, 0) is 80.9 Å². The molecule has 156 valence electrons. The van der Waals surface area contributed by atoms with Crippen molar-refractivity contribution in [3.05, 3.63) is 88.2 Å². The summed E-state index contributed by atoms with van der Waals surface area (Å²) in [7, 11) is 0. The highest BCUT2D eigenvalue weighted by molar-refractivity contribution is 7.80. The summed E-state index contributed by atoms with van der Waals surface area (Å²) in [6.45, 7) is 7.96. The summed E-state index contributed by atoms with van der Waals surface area (Å²) in [4.78, 5) is 27.4. The van der Waals surface area contributed by atoms with E-state index in [1.807, 2.05) is 63.2 Å². The number of amides is 2. The van der Waals surface area contributed by atoms with Crippen LogP contribution in [0.4, 0.5) is 5.69 Å². The van der Waals surface area contributed by atoms with Crippen molar-refractivity contribution in [1.82, 2.24) is 9.88 Å². The Bertz CT molecular complexity index is 1270. The first kappa shape index (κ1) is 20.8. The number of benzene rings is 2. The molecule has 2 heterocycles. The molecule has 1 aliphatic rings. The van der Waals surface area contributed by atoms with Gasteiger partial charge in [0.15, 0.2) is 5.11 Å². The van der Waals surface area contributed by atoms with Crippen LogP contribution < -0.4 is 10.2 Å². The third kappa shape index (κ3) is 3.59. The topological polar surface area (TPSA) is 54.3 Å². The SMILES string of the molecule is Cc1ccccc1N1C(=O)/C(=C/c2cc(C)n(-c3ccccc3C)c2C)C(=O)NC1=S. The Morgan fingerprint density at radius 3 is 2.06 bits per heavy atom. The number of thiocarbonyl (C=S) groups is 1. The molecule has 1 fully saturated rings. The third-order valence-corrected chi connectivity index (χ3v) is 5.87. The van der Waals surface area contributed by atoms with Crippen molar-refractivity contribution < 1.29 is 9.59 Å². The van der Waals surface area contributed by atoms with Gasteiger partial charge in [0.1, 0.15) is 5.57 Å². The van der Waals surface area contributed by atoms with Crippen molar-refractivity contribution in [2.75, 3.05) is 4.90 Å². The number of hydrogen-bond donors (Lipinski definition) is 1. The number of anilines is 1. The van der Waals surface area contributed by atoms with Gasteiger partial charge in [-0.25, -0.2) is 0 Å². The molecule has 5 nitrogen and oxygen atoms in total. The summed E-state index contributed by atoms with van der Waals surface area (Å²) in [6.07, 6.45) is 1.65. The Balaban J connectivity index is 1.80. The number of nitrogens with zero attached hydrogens (tertiary/aromatic N) is 2. The van der Waals surface area contributed by atoms with E-state index in [1.54, 1.807) is 6.08 Å². The molecule has 0 bridgehead atoms. The van der Waals surface area contributed by atoms with E-state index in [0.29, 0.717) is 5.69 Å². The molecule has 31 heavy (non-hydrogen) atoms. The molecule has 0 unspecified atom stereocenters. The molecule has 1 aromatic heterocycles. The maximum absolute atomic E-state index is 13.3. The van der Waals surface area contributed by atoms with Gasteiger partial charge in [-0.1, -0.05) is 36.4 Å². The fourth-order valence-corrected chi connectivity index (χ4v) is 4.24. The average molecular weight is 430 g/mol. The van der Waals surface area contributed by atoms with E-state index in [1.165, 1.54) is 4.90 Å². The van der Waals surface area contributed by atoms with Crippen molar-refractivity contribution >= 4 is 40.9 Å². The van der Waals surface area contributed by atoms with Crippen molar-refractivity contribution in [2.24, 2.45) is 0 Å². The number of aromatic nitrogens is 1. The van der Waals surface area contributed by atoms with Gasteiger partial charge < -0.3 is 4.57 Å². The van der Waals surface area contributed by atoms with Crippen molar-refractivity contribution in [3.8, 4) is 5.69 Å². The van der Waals surface area contributed by atoms with Crippen LogP contribution in [-0.4, -0.2) is 21.5 Å². The van der Waals surface area contributed by atoms with Crippen LogP contribution in [0.2, 0.25) is 0 Å². The van der Waals surface area contributed by atoms with Crippen LogP contribution in [0.25, 0.3) is 11.8 Å². The standard InChI is InChI=1S/C25H23N3O2S/c1-15-9-5-7-11-21(15)27-17(3)13-19(18(27)4)14-20-23(29)26-25(31)28(24(20)30)22-12-8-6-10-16(22)2/h5-14H,1-4H3,(H,26,29,31)/b20-14+. The minimum absolute atomic E-state index is 0.0573. The molecule has 1 N–H and O–H groups in total. The lowest BCUT2D eigenvalue weighted by atomic mass is 10.1. The van der Waals surface area contributed by atoms with Gasteiger partial charge in [-0.15, -0.1) is 0 Å². The largest absolute Gasteiger partial charge is 0.318 e. The number of para-hydroxylation sites is 2. The van der Waals surface area contributed by atoms with E-state index in [4.69, 9.17) is 12.2 Å². The summed E-state index contributed by atoms with van der Waals surface area (Å²) >= 11 is 5.31. The van der Waals surface area contributed by atoms with Gasteiger partial charge in [0.05, 0.1) is 5.69 Å². The van der Waals surface area contributed by atoms with E-state index in [9.17, 15) is 9.59 Å². The molecule has 1 saturated heterocycles. The molecule has 2 amide bonds. The van der Waals surface area contributed by atoms with Gasteiger partial charge in [-0.2, -0.15) is 0 Å². The Morgan fingerprint density at radius 2 is 1.45 bits per heavy atom. The summed E-state index contributed by atoms with van der Waals surface area (Å²) in [6, 6.07) is 17.6. The second-order valence-corrected chi connectivity index (χ2v) is 8.08. The predicted octanol–water partition coefficient (Wildman–Crippen LogP) is 4.54. The lowest BCUT2D eigenvalue weighted by molar-refractivity contribution is -0.122. The van der Waals surface area contributed by atoms with Crippen LogP contribution in [0.5, 0.6) is 0 Å². The summed E-state index contributed by atoms with van der Waals surface area (Å²) in [5.74, 6) is -0.913. The number of rotatable bonds is 3. The van der Waals surface area contributed by atoms with E-state index in [-0.39, 0.29) is 10.7 Å². The molecule has 0 spiro atoms. The lowest BCUT2D eigenvalue weighted by Crippen LogP contribution is -2.54. The fourth-order valence-electron chi connectivity index (χ4n) is 3.96. The highest BCUT2D eigenvalue weighted by Gasteiger charge is 2.35. The van der Waals surface area contributed by atoms with E-state index < -0.39 is 11.8 Å². The molecule has 0 aliphatic carbocycles. The number of aryl methyl sites for hydroxylation is 3. The zero-order valence-corrected chi connectivity index (χ0v) is 18.7. The number of carbonyl (C=O) groups is 2. The average Bonchev–Trinajstić information content (AvgIpc) is 3.00. The van der Waals surface area contributed by atoms with Crippen molar-refractivity contribution in [2.45, 2.75) is 27.7 Å². The van der Waals surface area contributed by atoms with E-state index in [2.05, 4.69) is 28.9 Å². The zero-order valence-electron chi connectivity index (χ0n) is 17.9. The molecule has 0 saturated carbocycles. The van der Waals surface area contributed by atoms with Crippen LogP contribution in [0.15, 0.2) is 60.2 Å². The summed E-state index contributed by atoms with van der Waals surface area (Å²) in [5, 5.41) is 2.75. The molecule has 1 aliphatic heterocycles. The molecule has 0 radical (unpaired) electrons.